The Morgan fingerprint density at radius 2 is 1.91 bits per heavy atom. The average Bonchev–Trinajstić information content (AvgIpc) is 3.34. The van der Waals surface area contributed by atoms with Crippen molar-refractivity contribution in [1.82, 2.24) is 29.7 Å². The first-order chi connectivity index (χ1) is 20.5. The van der Waals surface area contributed by atoms with E-state index in [1.54, 1.807) is 24.1 Å². The van der Waals surface area contributed by atoms with Crippen LogP contribution in [0.15, 0.2) is 36.7 Å². The Kier molecular flexibility index (Phi) is 7.60. The summed E-state index contributed by atoms with van der Waals surface area (Å²) in [5, 5.41) is 1.44. The summed E-state index contributed by atoms with van der Waals surface area (Å²) in [6.07, 6.45) is 3.80. The molecular formula is C32H35ClN6O4. The number of hydrogen-bond acceptors (Lipinski definition) is 7. The maximum Gasteiger partial charge on any atom is 0.410 e. The van der Waals surface area contributed by atoms with Gasteiger partial charge in [0.1, 0.15) is 22.8 Å². The van der Waals surface area contributed by atoms with Crippen LogP contribution in [0.5, 0.6) is 0 Å². The highest BCUT2D eigenvalue weighted by atomic mass is 35.5. The molecule has 5 heterocycles. The first-order valence-corrected chi connectivity index (χ1v) is 14.8. The molecule has 6 rings (SSSR count). The van der Waals surface area contributed by atoms with Gasteiger partial charge in [-0.1, -0.05) is 17.7 Å². The van der Waals surface area contributed by atoms with Crippen LogP contribution >= 0.6 is 11.6 Å². The van der Waals surface area contributed by atoms with E-state index < -0.39 is 17.7 Å². The highest BCUT2D eigenvalue weighted by Gasteiger charge is 2.36. The van der Waals surface area contributed by atoms with Crippen LogP contribution in [-0.2, 0) is 22.4 Å². The standard InChI is InChI=1S/C32H35ClN6O4/c1-18-10-27(37-19(2)36-18)30(40)38-7-6-20-11-21(22-13-24-26(33)15-35-29(24)34-14-22)12-23(25(20)16-38)28-17-42-9-8-39(28)31(41)43-32(3,4)5/h10-15,28H,6-9,16-17H2,1-5H3,(H,34,35)/t28-/m0/s1. The van der Waals surface area contributed by atoms with Gasteiger partial charge < -0.3 is 19.4 Å². The Morgan fingerprint density at radius 1 is 1.09 bits per heavy atom. The number of benzene rings is 1. The van der Waals surface area contributed by atoms with Crippen molar-refractivity contribution in [2.75, 3.05) is 26.3 Å². The van der Waals surface area contributed by atoms with Gasteiger partial charge in [0.15, 0.2) is 0 Å². The molecule has 0 bridgehead atoms. The number of hydrogen-bond donors (Lipinski definition) is 1. The van der Waals surface area contributed by atoms with E-state index in [9.17, 15) is 9.59 Å². The molecule has 2 aliphatic heterocycles. The van der Waals surface area contributed by atoms with Gasteiger partial charge in [0.05, 0.1) is 24.3 Å². The van der Waals surface area contributed by atoms with Gasteiger partial charge in [-0.15, -0.1) is 0 Å². The van der Waals surface area contributed by atoms with Crippen molar-refractivity contribution in [2.24, 2.45) is 0 Å². The molecule has 0 saturated carbocycles. The smallest absolute Gasteiger partial charge is 0.410 e. The van der Waals surface area contributed by atoms with Crippen molar-refractivity contribution in [3.63, 3.8) is 0 Å². The molecule has 1 N–H and O–H groups in total. The second kappa shape index (κ2) is 11.2. The van der Waals surface area contributed by atoms with Gasteiger partial charge in [0.25, 0.3) is 5.91 Å². The molecule has 10 nitrogen and oxygen atoms in total. The lowest BCUT2D eigenvalue weighted by Gasteiger charge is -2.39. The lowest BCUT2D eigenvalue weighted by Crippen LogP contribution is -2.46. The van der Waals surface area contributed by atoms with Gasteiger partial charge in [-0.25, -0.2) is 19.7 Å². The van der Waals surface area contributed by atoms with Crippen LogP contribution in [0.3, 0.4) is 0 Å². The van der Waals surface area contributed by atoms with Crippen LogP contribution in [0.4, 0.5) is 4.79 Å². The summed E-state index contributed by atoms with van der Waals surface area (Å²) in [4.78, 5) is 47.1. The van der Waals surface area contributed by atoms with E-state index in [0.717, 1.165) is 38.9 Å². The van der Waals surface area contributed by atoms with Crippen molar-refractivity contribution in [3.8, 4) is 11.1 Å². The van der Waals surface area contributed by atoms with E-state index in [4.69, 9.17) is 21.1 Å². The van der Waals surface area contributed by atoms with Crippen LogP contribution < -0.4 is 0 Å². The lowest BCUT2D eigenvalue weighted by atomic mass is 9.87. The van der Waals surface area contributed by atoms with Crippen molar-refractivity contribution < 1.29 is 19.1 Å². The van der Waals surface area contributed by atoms with Crippen LogP contribution in [0, 0.1) is 13.8 Å². The largest absolute Gasteiger partial charge is 0.444 e. The Labute approximate surface area is 255 Å². The van der Waals surface area contributed by atoms with E-state index in [1.807, 2.05) is 44.9 Å². The lowest BCUT2D eigenvalue weighted by molar-refractivity contribution is -0.0334. The molecule has 3 aromatic heterocycles. The predicted molar refractivity (Wildman–Crippen MR) is 163 cm³/mol. The minimum atomic E-state index is -0.644. The van der Waals surface area contributed by atoms with Crippen LogP contribution in [0.25, 0.3) is 22.2 Å². The zero-order chi connectivity index (χ0) is 30.5. The van der Waals surface area contributed by atoms with Gasteiger partial charge in [-0.2, -0.15) is 0 Å². The van der Waals surface area contributed by atoms with E-state index in [0.29, 0.717) is 61.5 Å². The molecule has 0 radical (unpaired) electrons. The highest BCUT2D eigenvalue weighted by Crippen LogP contribution is 2.38. The van der Waals surface area contributed by atoms with Gasteiger partial charge in [0.2, 0.25) is 0 Å². The Morgan fingerprint density at radius 3 is 2.67 bits per heavy atom. The number of rotatable bonds is 3. The summed E-state index contributed by atoms with van der Waals surface area (Å²) in [5.74, 6) is 0.418. The van der Waals surface area contributed by atoms with E-state index in [2.05, 4.69) is 32.1 Å². The van der Waals surface area contributed by atoms with Crippen LogP contribution in [0.2, 0.25) is 5.02 Å². The predicted octanol–water partition coefficient (Wildman–Crippen LogP) is 5.80. The molecule has 43 heavy (non-hydrogen) atoms. The summed E-state index contributed by atoms with van der Waals surface area (Å²) in [5.41, 5.74) is 6.10. The summed E-state index contributed by atoms with van der Waals surface area (Å²) in [6, 6.07) is 7.59. The minimum absolute atomic E-state index is 0.144. The molecule has 2 aliphatic rings. The highest BCUT2D eigenvalue weighted by molar-refractivity contribution is 6.35. The summed E-state index contributed by atoms with van der Waals surface area (Å²) in [6.45, 7) is 11.3. The molecule has 0 spiro atoms. The summed E-state index contributed by atoms with van der Waals surface area (Å²) < 4.78 is 11.7. The number of nitrogens with one attached hydrogen (secondary N) is 1. The molecule has 4 aromatic rings. The zero-order valence-electron chi connectivity index (χ0n) is 25.0. The number of aryl methyl sites for hydroxylation is 2. The first-order valence-electron chi connectivity index (χ1n) is 14.4. The van der Waals surface area contributed by atoms with Gasteiger partial charge in [-0.3, -0.25) is 9.69 Å². The SMILES string of the molecule is Cc1cc(C(=O)N2CCc3cc(-c4cnc5[nH]cc(Cl)c5c4)cc([C@@H]4COCCN4C(=O)OC(C)(C)C)c3C2)nc(C)n1. The van der Waals surface area contributed by atoms with Gasteiger partial charge >= 0.3 is 6.09 Å². The van der Waals surface area contributed by atoms with Crippen molar-refractivity contribution >= 4 is 34.6 Å². The maximum absolute atomic E-state index is 13.7. The number of fused-ring (bicyclic) bond motifs is 2. The monoisotopic (exact) mass is 602 g/mol. The number of nitrogens with zero attached hydrogens (tertiary/aromatic N) is 5. The molecular weight excluding hydrogens is 568 g/mol. The normalized spacial score (nSPS) is 17.2. The summed E-state index contributed by atoms with van der Waals surface area (Å²) >= 11 is 6.43. The second-order valence-corrected chi connectivity index (χ2v) is 12.6. The third-order valence-corrected chi connectivity index (χ3v) is 8.09. The van der Waals surface area contributed by atoms with Crippen molar-refractivity contribution in [2.45, 2.75) is 59.2 Å². The van der Waals surface area contributed by atoms with Gasteiger partial charge in [0, 0.05) is 48.7 Å². The first kappa shape index (κ1) is 29.1. The molecule has 2 amide bonds. The number of amides is 2. The van der Waals surface area contributed by atoms with Crippen LogP contribution in [-0.4, -0.2) is 73.6 Å². The number of halogens is 1. The van der Waals surface area contributed by atoms with Crippen LogP contribution in [0.1, 0.15) is 65.5 Å². The number of pyridine rings is 1. The van der Waals surface area contributed by atoms with E-state index in [1.165, 1.54) is 0 Å². The Hall–Kier alpha value is -4.02. The number of carbonyl (C=O) groups excluding carboxylic acids is 2. The zero-order valence-corrected chi connectivity index (χ0v) is 25.8. The maximum atomic E-state index is 13.7. The fourth-order valence-electron chi connectivity index (χ4n) is 5.85. The number of morpholine rings is 1. The molecule has 0 unspecified atom stereocenters. The van der Waals surface area contributed by atoms with E-state index in [-0.39, 0.29) is 5.91 Å². The number of carbonyl (C=O) groups is 2. The quantitative estimate of drug-likeness (QED) is 0.315. The number of aromatic nitrogens is 4. The molecule has 224 valence electrons. The minimum Gasteiger partial charge on any atom is -0.444 e. The second-order valence-electron chi connectivity index (χ2n) is 12.1. The Balaban J connectivity index is 1.44. The third-order valence-electron chi connectivity index (χ3n) is 7.78. The molecule has 1 fully saturated rings. The fraction of sp³-hybridized carbons (Fsp3) is 0.406. The topological polar surface area (TPSA) is 114 Å². The molecule has 11 heteroatoms. The number of H-pyrrole nitrogens is 1. The molecule has 1 atom stereocenters. The average molecular weight is 603 g/mol. The van der Waals surface area contributed by atoms with Crippen molar-refractivity contribution in [1.29, 1.82) is 0 Å². The van der Waals surface area contributed by atoms with Gasteiger partial charge in [-0.05, 0) is 81.5 Å². The molecule has 1 aromatic carbocycles. The Bertz CT molecular complexity index is 1710. The fourth-order valence-corrected chi connectivity index (χ4v) is 6.05. The number of aromatic amines is 1. The van der Waals surface area contributed by atoms with Crippen molar-refractivity contribution in [3.05, 3.63) is 75.6 Å². The number of ether oxygens (including phenoxy) is 2. The third kappa shape index (κ3) is 5.94. The summed E-state index contributed by atoms with van der Waals surface area (Å²) in [7, 11) is 0. The molecule has 0 aliphatic carbocycles. The van der Waals surface area contributed by atoms with E-state index >= 15 is 0 Å². The molecule has 1 saturated heterocycles.